The van der Waals surface area contributed by atoms with Crippen molar-refractivity contribution in [3.05, 3.63) is 0 Å². The van der Waals surface area contributed by atoms with Crippen molar-refractivity contribution in [3.63, 3.8) is 0 Å². The van der Waals surface area contributed by atoms with Gasteiger partial charge in [-0.15, -0.1) is 0 Å². The van der Waals surface area contributed by atoms with Crippen molar-refractivity contribution < 1.29 is 4.79 Å². The van der Waals surface area contributed by atoms with Crippen LogP contribution in [0.15, 0.2) is 0 Å². The highest BCUT2D eigenvalue weighted by Gasteiger charge is 2.15. The molecular formula is C13H28N2O. The minimum atomic E-state index is 0.225. The van der Waals surface area contributed by atoms with E-state index in [1.165, 1.54) is 0 Å². The summed E-state index contributed by atoms with van der Waals surface area (Å²) in [6.07, 6.45) is 2.30. The molecule has 3 heteroatoms. The number of hydrogen-bond donors (Lipinski definition) is 1. The predicted octanol–water partition coefficient (Wildman–Crippen LogP) is 2.27. The van der Waals surface area contributed by atoms with Crippen LogP contribution in [0.5, 0.6) is 0 Å². The van der Waals surface area contributed by atoms with E-state index in [-0.39, 0.29) is 5.91 Å². The normalized spacial score (nSPS) is 11.2. The molecule has 0 aromatic heterocycles. The Morgan fingerprint density at radius 1 is 1.19 bits per heavy atom. The summed E-state index contributed by atoms with van der Waals surface area (Å²) < 4.78 is 0. The summed E-state index contributed by atoms with van der Waals surface area (Å²) in [7, 11) is 0. The highest BCUT2D eigenvalue weighted by molar-refractivity contribution is 5.78. The first-order chi connectivity index (χ1) is 7.54. The molecule has 0 aromatic rings. The van der Waals surface area contributed by atoms with E-state index in [1.807, 2.05) is 4.90 Å². The monoisotopic (exact) mass is 228 g/mol. The minimum Gasteiger partial charge on any atom is -0.342 e. The quantitative estimate of drug-likeness (QED) is 0.691. The van der Waals surface area contributed by atoms with Crippen molar-refractivity contribution in [2.24, 2.45) is 5.92 Å². The van der Waals surface area contributed by atoms with Crippen molar-refractivity contribution in [3.8, 4) is 0 Å². The molecule has 1 amide bonds. The highest BCUT2D eigenvalue weighted by atomic mass is 16.2. The van der Waals surface area contributed by atoms with Gasteiger partial charge in [0.15, 0.2) is 0 Å². The molecule has 0 radical (unpaired) electrons. The zero-order valence-electron chi connectivity index (χ0n) is 11.5. The fourth-order valence-electron chi connectivity index (χ4n) is 1.67. The summed E-state index contributed by atoms with van der Waals surface area (Å²) in [5, 5.41) is 3.18. The zero-order valence-corrected chi connectivity index (χ0v) is 11.5. The fraction of sp³-hybridized carbons (Fsp3) is 0.923. The molecule has 96 valence electrons. The van der Waals surface area contributed by atoms with Crippen LogP contribution in [0.4, 0.5) is 0 Å². The van der Waals surface area contributed by atoms with Gasteiger partial charge in [-0.05, 0) is 12.8 Å². The smallest absolute Gasteiger partial charge is 0.236 e. The Labute approximate surface area is 101 Å². The molecule has 16 heavy (non-hydrogen) atoms. The van der Waals surface area contributed by atoms with Crippen molar-refractivity contribution in [2.75, 3.05) is 19.6 Å². The fourth-order valence-corrected chi connectivity index (χ4v) is 1.67. The van der Waals surface area contributed by atoms with E-state index in [1.54, 1.807) is 0 Å². The van der Waals surface area contributed by atoms with Crippen LogP contribution in [0, 0.1) is 5.92 Å². The topological polar surface area (TPSA) is 32.3 Å². The standard InChI is InChI=1S/C13H28N2O/c1-6-12(7-2)10-15(8-3)13(16)9-14-11(4)5/h11-12,14H,6-10H2,1-5H3. The number of carbonyl (C=O) groups is 1. The van der Waals surface area contributed by atoms with Gasteiger partial charge in [0.2, 0.25) is 5.91 Å². The molecular weight excluding hydrogens is 200 g/mol. The molecule has 1 N–H and O–H groups in total. The van der Waals surface area contributed by atoms with Crippen LogP contribution in [-0.2, 0) is 4.79 Å². The van der Waals surface area contributed by atoms with Gasteiger partial charge in [0.25, 0.3) is 0 Å². The van der Waals surface area contributed by atoms with E-state index in [2.05, 4.69) is 39.9 Å². The van der Waals surface area contributed by atoms with Gasteiger partial charge in [-0.25, -0.2) is 0 Å². The highest BCUT2D eigenvalue weighted by Crippen LogP contribution is 2.09. The maximum absolute atomic E-state index is 11.9. The van der Waals surface area contributed by atoms with Gasteiger partial charge >= 0.3 is 0 Å². The molecule has 0 unspecified atom stereocenters. The van der Waals surface area contributed by atoms with Gasteiger partial charge in [0.1, 0.15) is 0 Å². The van der Waals surface area contributed by atoms with Crippen LogP contribution in [0.1, 0.15) is 47.5 Å². The molecule has 0 rings (SSSR count). The minimum absolute atomic E-state index is 0.225. The molecule has 0 aliphatic heterocycles. The number of hydrogen-bond acceptors (Lipinski definition) is 2. The van der Waals surface area contributed by atoms with Crippen molar-refractivity contribution in [1.29, 1.82) is 0 Å². The molecule has 0 saturated heterocycles. The number of nitrogens with zero attached hydrogens (tertiary/aromatic N) is 1. The second-order valence-electron chi connectivity index (χ2n) is 4.65. The Bertz CT molecular complexity index is 188. The maximum Gasteiger partial charge on any atom is 0.236 e. The Balaban J connectivity index is 4.10. The lowest BCUT2D eigenvalue weighted by atomic mass is 10.0. The first kappa shape index (κ1) is 15.4. The summed E-state index contributed by atoms with van der Waals surface area (Å²) in [6, 6.07) is 0.371. The molecule has 0 saturated carbocycles. The second kappa shape index (κ2) is 8.57. The lowest BCUT2D eigenvalue weighted by molar-refractivity contribution is -0.130. The molecule has 0 heterocycles. The molecule has 0 spiro atoms. The summed E-state index contributed by atoms with van der Waals surface area (Å²) in [5.41, 5.74) is 0. The number of amides is 1. The Hall–Kier alpha value is -0.570. The lowest BCUT2D eigenvalue weighted by Crippen LogP contribution is -2.42. The third-order valence-corrected chi connectivity index (χ3v) is 3.03. The predicted molar refractivity (Wildman–Crippen MR) is 69.5 cm³/mol. The Morgan fingerprint density at radius 2 is 1.75 bits per heavy atom. The second-order valence-corrected chi connectivity index (χ2v) is 4.65. The van der Waals surface area contributed by atoms with Gasteiger partial charge in [0.05, 0.1) is 6.54 Å². The van der Waals surface area contributed by atoms with Crippen LogP contribution < -0.4 is 5.32 Å². The lowest BCUT2D eigenvalue weighted by Gasteiger charge is -2.26. The van der Waals surface area contributed by atoms with Gasteiger partial charge in [-0.1, -0.05) is 40.5 Å². The van der Waals surface area contributed by atoms with E-state index in [0.29, 0.717) is 18.5 Å². The molecule has 0 aliphatic rings. The van der Waals surface area contributed by atoms with Gasteiger partial charge in [0, 0.05) is 19.1 Å². The van der Waals surface area contributed by atoms with Crippen LogP contribution in [-0.4, -0.2) is 36.5 Å². The van der Waals surface area contributed by atoms with Gasteiger partial charge < -0.3 is 10.2 Å². The maximum atomic E-state index is 11.9. The third-order valence-electron chi connectivity index (χ3n) is 3.03. The average Bonchev–Trinajstić information content (AvgIpc) is 2.27. The largest absolute Gasteiger partial charge is 0.342 e. The van der Waals surface area contributed by atoms with E-state index < -0.39 is 0 Å². The van der Waals surface area contributed by atoms with Crippen LogP contribution in [0.25, 0.3) is 0 Å². The number of nitrogens with one attached hydrogen (secondary N) is 1. The number of carbonyl (C=O) groups excluding carboxylic acids is 1. The molecule has 0 atom stereocenters. The number of likely N-dealkylation sites (N-methyl/N-ethyl adjacent to an activating group) is 1. The van der Waals surface area contributed by atoms with Crippen molar-refractivity contribution in [2.45, 2.75) is 53.5 Å². The third kappa shape index (κ3) is 6.11. The van der Waals surface area contributed by atoms with E-state index in [9.17, 15) is 4.79 Å². The SMILES string of the molecule is CCC(CC)CN(CC)C(=O)CNC(C)C. The van der Waals surface area contributed by atoms with E-state index >= 15 is 0 Å². The van der Waals surface area contributed by atoms with Crippen molar-refractivity contribution >= 4 is 5.91 Å². The Morgan fingerprint density at radius 3 is 2.12 bits per heavy atom. The van der Waals surface area contributed by atoms with E-state index in [0.717, 1.165) is 25.9 Å². The van der Waals surface area contributed by atoms with Crippen molar-refractivity contribution in [1.82, 2.24) is 10.2 Å². The first-order valence-electron chi connectivity index (χ1n) is 6.56. The summed E-state index contributed by atoms with van der Waals surface area (Å²) in [6.45, 7) is 12.7. The average molecular weight is 228 g/mol. The summed E-state index contributed by atoms with van der Waals surface area (Å²) >= 11 is 0. The molecule has 0 aromatic carbocycles. The first-order valence-corrected chi connectivity index (χ1v) is 6.56. The summed E-state index contributed by atoms with van der Waals surface area (Å²) in [5.74, 6) is 0.867. The van der Waals surface area contributed by atoms with E-state index in [4.69, 9.17) is 0 Å². The van der Waals surface area contributed by atoms with Crippen LogP contribution in [0.3, 0.4) is 0 Å². The summed E-state index contributed by atoms with van der Waals surface area (Å²) in [4.78, 5) is 13.9. The molecule has 0 aliphatic carbocycles. The van der Waals surface area contributed by atoms with Crippen LogP contribution in [0.2, 0.25) is 0 Å². The van der Waals surface area contributed by atoms with Crippen LogP contribution >= 0.6 is 0 Å². The Kier molecular flexibility index (Phi) is 8.26. The van der Waals surface area contributed by atoms with Gasteiger partial charge in [-0.3, -0.25) is 4.79 Å². The molecule has 3 nitrogen and oxygen atoms in total. The van der Waals surface area contributed by atoms with Gasteiger partial charge in [-0.2, -0.15) is 0 Å². The number of rotatable bonds is 8. The molecule has 0 bridgehead atoms. The molecule has 0 fully saturated rings. The zero-order chi connectivity index (χ0) is 12.6.